The van der Waals surface area contributed by atoms with Gasteiger partial charge in [-0.1, -0.05) is 42.5 Å². The van der Waals surface area contributed by atoms with Gasteiger partial charge in [0.25, 0.3) is 0 Å². The van der Waals surface area contributed by atoms with Crippen LogP contribution < -0.4 is 27.4 Å². The first-order valence-electron chi connectivity index (χ1n) is 12.1. The van der Waals surface area contributed by atoms with Crippen LogP contribution in [0.15, 0.2) is 54.6 Å². The highest BCUT2D eigenvalue weighted by Crippen LogP contribution is 2.11. The van der Waals surface area contributed by atoms with Crippen molar-refractivity contribution in [1.29, 1.82) is 0 Å². The summed E-state index contributed by atoms with van der Waals surface area (Å²) < 4.78 is 0. The van der Waals surface area contributed by atoms with E-state index in [0.29, 0.717) is 11.1 Å². The Kier molecular flexibility index (Phi) is 11.6. The summed E-state index contributed by atoms with van der Waals surface area (Å²) in [5.41, 5.74) is 12.3. The van der Waals surface area contributed by atoms with Crippen LogP contribution in [0.25, 0.3) is 0 Å². The van der Waals surface area contributed by atoms with Gasteiger partial charge in [-0.05, 0) is 29.7 Å². The second-order valence-electron chi connectivity index (χ2n) is 8.96. The molecule has 0 fully saturated rings. The van der Waals surface area contributed by atoms with E-state index < -0.39 is 72.6 Å². The number of carbonyl (C=O) groups is 6. The molecule has 4 unspecified atom stereocenters. The zero-order valence-electron chi connectivity index (χ0n) is 21.3. The van der Waals surface area contributed by atoms with Crippen molar-refractivity contribution >= 4 is 35.6 Å². The van der Waals surface area contributed by atoms with Crippen molar-refractivity contribution in [3.05, 3.63) is 65.7 Å². The van der Waals surface area contributed by atoms with E-state index >= 15 is 0 Å². The molecule has 0 aliphatic rings. The third-order valence-electron chi connectivity index (χ3n) is 5.68. The lowest BCUT2D eigenvalue weighted by Crippen LogP contribution is -2.58. The van der Waals surface area contributed by atoms with E-state index in [-0.39, 0.29) is 18.6 Å². The van der Waals surface area contributed by atoms with Crippen LogP contribution in [-0.2, 0) is 41.6 Å². The van der Waals surface area contributed by atoms with Crippen LogP contribution in [0, 0.1) is 0 Å². The van der Waals surface area contributed by atoms with Crippen molar-refractivity contribution in [2.24, 2.45) is 11.5 Å². The van der Waals surface area contributed by atoms with E-state index in [1.54, 1.807) is 30.3 Å². The molecule has 0 saturated heterocycles. The molecule has 14 heteroatoms. The summed E-state index contributed by atoms with van der Waals surface area (Å²) in [5, 5.41) is 34.8. The minimum atomic E-state index is -1.75. The van der Waals surface area contributed by atoms with Gasteiger partial charge >= 0.3 is 11.9 Å². The molecule has 0 bridgehead atoms. The Hall–Kier alpha value is -4.98. The van der Waals surface area contributed by atoms with Crippen LogP contribution in [0.3, 0.4) is 0 Å². The van der Waals surface area contributed by atoms with E-state index in [1.165, 1.54) is 24.3 Å². The van der Waals surface area contributed by atoms with Gasteiger partial charge in [0.05, 0.1) is 18.9 Å². The first-order valence-corrected chi connectivity index (χ1v) is 12.1. The Morgan fingerprint density at radius 1 is 0.675 bits per heavy atom. The molecular weight excluding hydrogens is 526 g/mol. The molecule has 0 heterocycles. The quantitative estimate of drug-likeness (QED) is 0.124. The molecule has 0 spiro atoms. The van der Waals surface area contributed by atoms with Gasteiger partial charge in [0.2, 0.25) is 23.6 Å². The number of phenolic OH excluding ortho intramolecular Hbond substituents is 1. The zero-order chi connectivity index (χ0) is 29.8. The monoisotopic (exact) mass is 557 g/mol. The van der Waals surface area contributed by atoms with Crippen LogP contribution in [0.4, 0.5) is 0 Å². The van der Waals surface area contributed by atoms with Crippen LogP contribution in [0.5, 0.6) is 5.75 Å². The first kappa shape index (κ1) is 31.2. The second-order valence-corrected chi connectivity index (χ2v) is 8.96. The standard InChI is InChI=1S/C26H31N5O9/c27-17(10-15-6-8-16(32)9-7-15)23(36)29-18(12-21(28)33)24(37)30-19(13-22(34)35)25(38)31-20(26(39)40)11-14-4-2-1-3-5-14/h1-9,17-20,32H,10-13,27H2,(H2,28,33)(H,29,36)(H,30,37)(H,31,38)(H,34,35)(H,39,40). The molecule has 0 aliphatic heterocycles. The molecule has 0 saturated carbocycles. The van der Waals surface area contributed by atoms with Crippen LogP contribution in [-0.4, -0.2) is 75.1 Å². The smallest absolute Gasteiger partial charge is 0.326 e. The SMILES string of the molecule is NC(=O)CC(NC(=O)C(N)Cc1ccc(O)cc1)C(=O)NC(CC(=O)O)C(=O)NC(Cc1ccccc1)C(=O)O. The molecule has 2 aromatic carbocycles. The molecule has 0 aliphatic carbocycles. The van der Waals surface area contributed by atoms with Crippen LogP contribution in [0.1, 0.15) is 24.0 Å². The number of primary amides is 1. The van der Waals surface area contributed by atoms with E-state index in [9.17, 15) is 44.1 Å². The average Bonchev–Trinajstić information content (AvgIpc) is 2.88. The molecular formula is C26H31N5O9. The highest BCUT2D eigenvalue weighted by molar-refractivity contribution is 5.97. The van der Waals surface area contributed by atoms with Crippen LogP contribution >= 0.6 is 0 Å². The van der Waals surface area contributed by atoms with Crippen molar-refractivity contribution in [2.45, 2.75) is 49.9 Å². The fourth-order valence-electron chi connectivity index (χ4n) is 3.65. The van der Waals surface area contributed by atoms with E-state index in [1.807, 2.05) is 0 Å². The number of benzene rings is 2. The molecule has 2 aromatic rings. The number of carbonyl (C=O) groups excluding carboxylic acids is 4. The number of hydrogen-bond acceptors (Lipinski definition) is 8. The van der Waals surface area contributed by atoms with Crippen molar-refractivity contribution in [1.82, 2.24) is 16.0 Å². The summed E-state index contributed by atoms with van der Waals surface area (Å²) in [4.78, 5) is 73.1. The Balaban J connectivity index is 2.13. The number of phenols is 1. The third kappa shape index (κ3) is 10.4. The summed E-state index contributed by atoms with van der Waals surface area (Å²) in [5.74, 6) is -6.91. The maximum atomic E-state index is 12.9. The summed E-state index contributed by atoms with van der Waals surface area (Å²) >= 11 is 0. The zero-order valence-corrected chi connectivity index (χ0v) is 21.3. The van der Waals surface area contributed by atoms with Crippen molar-refractivity contribution in [2.75, 3.05) is 0 Å². The van der Waals surface area contributed by atoms with Gasteiger partial charge in [-0.2, -0.15) is 0 Å². The van der Waals surface area contributed by atoms with Crippen molar-refractivity contribution in [3.63, 3.8) is 0 Å². The summed E-state index contributed by atoms with van der Waals surface area (Å²) in [6.07, 6.45) is -1.72. The van der Waals surface area contributed by atoms with Gasteiger partial charge in [-0.15, -0.1) is 0 Å². The number of nitrogens with one attached hydrogen (secondary N) is 3. The Morgan fingerprint density at radius 3 is 1.70 bits per heavy atom. The Morgan fingerprint density at radius 2 is 1.18 bits per heavy atom. The first-order chi connectivity index (χ1) is 18.8. The third-order valence-corrected chi connectivity index (χ3v) is 5.68. The van der Waals surface area contributed by atoms with Crippen molar-refractivity contribution in [3.8, 4) is 5.75 Å². The highest BCUT2D eigenvalue weighted by atomic mass is 16.4. The van der Waals surface area contributed by atoms with Crippen LogP contribution in [0.2, 0.25) is 0 Å². The highest BCUT2D eigenvalue weighted by Gasteiger charge is 2.32. The molecule has 0 radical (unpaired) electrons. The van der Waals surface area contributed by atoms with E-state index in [4.69, 9.17) is 11.5 Å². The van der Waals surface area contributed by atoms with Gasteiger partial charge in [-0.3, -0.25) is 24.0 Å². The van der Waals surface area contributed by atoms with Gasteiger partial charge < -0.3 is 42.7 Å². The minimum absolute atomic E-state index is 0.00894. The number of nitrogens with two attached hydrogens (primary N) is 2. The normalized spacial score (nSPS) is 13.6. The molecule has 0 aromatic heterocycles. The van der Waals surface area contributed by atoms with Gasteiger partial charge in [0.15, 0.2) is 0 Å². The lowest BCUT2D eigenvalue weighted by Gasteiger charge is -2.24. The number of aromatic hydroxyl groups is 1. The fourth-order valence-corrected chi connectivity index (χ4v) is 3.65. The van der Waals surface area contributed by atoms with Gasteiger partial charge in [0.1, 0.15) is 23.9 Å². The molecule has 40 heavy (non-hydrogen) atoms. The summed E-state index contributed by atoms with van der Waals surface area (Å²) in [7, 11) is 0. The van der Waals surface area contributed by atoms with Crippen molar-refractivity contribution < 1.29 is 44.1 Å². The summed E-state index contributed by atoms with van der Waals surface area (Å²) in [6.45, 7) is 0. The number of rotatable bonds is 15. The average molecular weight is 558 g/mol. The molecule has 214 valence electrons. The van der Waals surface area contributed by atoms with E-state index in [0.717, 1.165) is 0 Å². The fraction of sp³-hybridized carbons (Fsp3) is 0.308. The largest absolute Gasteiger partial charge is 0.508 e. The topological polar surface area (TPSA) is 251 Å². The molecule has 14 nitrogen and oxygen atoms in total. The molecule has 10 N–H and O–H groups in total. The number of carboxylic acids is 2. The van der Waals surface area contributed by atoms with Gasteiger partial charge in [0, 0.05) is 6.42 Å². The Bertz CT molecular complexity index is 1220. The number of amides is 4. The minimum Gasteiger partial charge on any atom is -0.508 e. The van der Waals surface area contributed by atoms with Gasteiger partial charge in [-0.25, -0.2) is 4.79 Å². The predicted molar refractivity (Wildman–Crippen MR) is 139 cm³/mol. The summed E-state index contributed by atoms with van der Waals surface area (Å²) in [6, 6.07) is 8.23. The predicted octanol–water partition coefficient (Wildman–Crippen LogP) is -1.61. The molecule has 4 amide bonds. The van der Waals surface area contributed by atoms with E-state index in [2.05, 4.69) is 16.0 Å². The maximum Gasteiger partial charge on any atom is 0.326 e. The lowest BCUT2D eigenvalue weighted by molar-refractivity contribution is -0.143. The number of hydrogen-bond donors (Lipinski definition) is 8. The lowest BCUT2D eigenvalue weighted by atomic mass is 10.0. The second kappa shape index (κ2) is 14.8. The number of carboxylic acid groups (broad SMARTS) is 2. The number of aliphatic carboxylic acids is 2. The molecule has 4 atom stereocenters. The Labute approximate surface area is 228 Å². The molecule has 2 rings (SSSR count). The maximum absolute atomic E-state index is 12.9.